The SMILES string of the molecule is [2H]C1c2ccccc2C([2H])([2H])N1CCOC1CCC(CO[Si](c2ccccc2)(c2ccccc2)C(C)(C)C)CC1. The van der Waals surface area contributed by atoms with Crippen molar-refractivity contribution in [2.24, 2.45) is 5.92 Å². The van der Waals surface area contributed by atoms with Gasteiger partial charge in [0.25, 0.3) is 8.32 Å². The second-order valence-electron chi connectivity index (χ2n) is 11.5. The van der Waals surface area contributed by atoms with Crippen LogP contribution in [0.1, 0.15) is 61.7 Å². The molecular formula is C33H43NO2Si. The average molecular weight is 517 g/mol. The van der Waals surface area contributed by atoms with Gasteiger partial charge in [0.1, 0.15) is 0 Å². The molecule has 0 aromatic heterocycles. The summed E-state index contributed by atoms with van der Waals surface area (Å²) in [5.41, 5.74) is 1.37. The van der Waals surface area contributed by atoms with Gasteiger partial charge in [0.15, 0.2) is 0 Å². The fourth-order valence-corrected chi connectivity index (χ4v) is 10.6. The van der Waals surface area contributed by atoms with Crippen LogP contribution in [0.25, 0.3) is 0 Å². The van der Waals surface area contributed by atoms with E-state index in [9.17, 15) is 0 Å². The quantitative estimate of drug-likeness (QED) is 0.318. The molecule has 3 aromatic carbocycles. The minimum atomic E-state index is -2.52. The summed E-state index contributed by atoms with van der Waals surface area (Å²) in [6.45, 7) is 6.26. The van der Waals surface area contributed by atoms with Gasteiger partial charge < -0.3 is 9.16 Å². The summed E-state index contributed by atoms with van der Waals surface area (Å²) in [7, 11) is -2.52. The Morgan fingerprint density at radius 1 is 0.811 bits per heavy atom. The predicted octanol–water partition coefficient (Wildman–Crippen LogP) is 6.15. The highest BCUT2D eigenvalue weighted by molar-refractivity contribution is 6.99. The zero-order valence-electron chi connectivity index (χ0n) is 25.5. The monoisotopic (exact) mass is 516 g/mol. The van der Waals surface area contributed by atoms with Crippen molar-refractivity contribution in [3.8, 4) is 0 Å². The minimum Gasteiger partial charge on any atom is -0.407 e. The van der Waals surface area contributed by atoms with Gasteiger partial charge >= 0.3 is 0 Å². The van der Waals surface area contributed by atoms with Crippen molar-refractivity contribution in [3.05, 3.63) is 96.1 Å². The molecule has 0 saturated heterocycles. The van der Waals surface area contributed by atoms with Crippen molar-refractivity contribution >= 4 is 18.7 Å². The summed E-state index contributed by atoms with van der Waals surface area (Å²) in [6.07, 6.45) is 4.31. The average Bonchev–Trinajstić information content (AvgIpc) is 3.15. The van der Waals surface area contributed by atoms with Crippen molar-refractivity contribution in [2.75, 3.05) is 19.8 Å². The number of hydrogen-bond donors (Lipinski definition) is 0. The lowest BCUT2D eigenvalue weighted by atomic mass is 9.88. The Balaban J connectivity index is 1.18. The van der Waals surface area contributed by atoms with Crippen molar-refractivity contribution in [3.63, 3.8) is 0 Å². The van der Waals surface area contributed by atoms with E-state index in [1.165, 1.54) is 10.4 Å². The van der Waals surface area contributed by atoms with Gasteiger partial charge in [-0.15, -0.1) is 0 Å². The van der Waals surface area contributed by atoms with Crippen LogP contribution >= 0.6 is 0 Å². The van der Waals surface area contributed by atoms with Gasteiger partial charge in [-0.25, -0.2) is 0 Å². The van der Waals surface area contributed by atoms with Crippen LogP contribution in [0.2, 0.25) is 5.04 Å². The molecule has 4 heteroatoms. The molecule has 3 nitrogen and oxygen atoms in total. The van der Waals surface area contributed by atoms with Crippen molar-refractivity contribution in [1.82, 2.24) is 4.90 Å². The zero-order valence-corrected chi connectivity index (χ0v) is 23.5. The van der Waals surface area contributed by atoms with Crippen LogP contribution in [-0.4, -0.2) is 39.1 Å². The highest BCUT2D eigenvalue weighted by Crippen LogP contribution is 2.38. The molecule has 3 aromatic rings. The Morgan fingerprint density at radius 2 is 1.38 bits per heavy atom. The molecule has 5 rings (SSSR count). The molecule has 2 aliphatic rings. The van der Waals surface area contributed by atoms with Gasteiger partial charge in [-0.1, -0.05) is 106 Å². The van der Waals surface area contributed by atoms with Gasteiger partial charge in [0.2, 0.25) is 0 Å². The largest absolute Gasteiger partial charge is 0.407 e. The van der Waals surface area contributed by atoms with E-state index in [4.69, 9.17) is 13.3 Å². The topological polar surface area (TPSA) is 21.7 Å². The maximum atomic E-state index is 8.58. The van der Waals surface area contributed by atoms with Gasteiger partial charge in [-0.2, -0.15) is 0 Å². The maximum Gasteiger partial charge on any atom is 0.261 e. The van der Waals surface area contributed by atoms with Crippen LogP contribution in [0.5, 0.6) is 0 Å². The number of rotatable bonds is 9. The lowest BCUT2D eigenvalue weighted by Crippen LogP contribution is -2.67. The van der Waals surface area contributed by atoms with E-state index in [0.717, 1.165) is 37.9 Å². The van der Waals surface area contributed by atoms with E-state index in [0.29, 0.717) is 24.6 Å². The fourth-order valence-electron chi connectivity index (χ4n) is 5.97. The van der Waals surface area contributed by atoms with Gasteiger partial charge in [-0.3, -0.25) is 4.90 Å². The van der Waals surface area contributed by atoms with Gasteiger partial charge in [-0.05, 0) is 58.1 Å². The van der Waals surface area contributed by atoms with Crippen LogP contribution < -0.4 is 10.4 Å². The molecule has 1 unspecified atom stereocenters. The third kappa shape index (κ3) is 5.93. The lowest BCUT2D eigenvalue weighted by Gasteiger charge is -2.44. The molecule has 1 saturated carbocycles. The first-order valence-corrected chi connectivity index (χ1v) is 15.7. The molecule has 1 atom stereocenters. The van der Waals surface area contributed by atoms with Gasteiger partial charge in [0, 0.05) is 30.3 Å². The first-order valence-electron chi connectivity index (χ1n) is 15.4. The Kier molecular flexibility index (Phi) is 7.15. The Bertz CT molecular complexity index is 1200. The molecule has 0 radical (unpaired) electrons. The second kappa shape index (κ2) is 11.7. The lowest BCUT2D eigenvalue weighted by molar-refractivity contribution is 0.00210. The number of benzene rings is 3. The van der Waals surface area contributed by atoms with E-state index in [1.807, 2.05) is 18.2 Å². The third-order valence-electron chi connectivity index (χ3n) is 7.95. The summed E-state index contributed by atoms with van der Waals surface area (Å²) in [5, 5.41) is 2.62. The highest BCUT2D eigenvalue weighted by atomic mass is 28.4. The van der Waals surface area contributed by atoms with Crippen molar-refractivity contribution in [1.29, 1.82) is 0 Å². The molecule has 1 fully saturated rings. The van der Waals surface area contributed by atoms with Crippen LogP contribution in [-0.2, 0) is 22.2 Å². The smallest absolute Gasteiger partial charge is 0.261 e. The molecular weight excluding hydrogens is 470 g/mol. The second-order valence-corrected chi connectivity index (χ2v) is 15.8. The van der Waals surface area contributed by atoms with Crippen LogP contribution in [0.15, 0.2) is 84.9 Å². The number of ether oxygens (including phenoxy) is 1. The summed E-state index contributed by atoms with van der Waals surface area (Å²) in [6, 6.07) is 29.1. The molecule has 0 N–H and O–H groups in total. The van der Waals surface area contributed by atoms with Crippen molar-refractivity contribution in [2.45, 2.75) is 70.6 Å². The zero-order chi connectivity index (χ0) is 28.4. The molecule has 37 heavy (non-hydrogen) atoms. The summed E-state index contributed by atoms with van der Waals surface area (Å²) < 4.78 is 39.1. The molecule has 1 heterocycles. The van der Waals surface area contributed by atoms with Crippen LogP contribution in [0.3, 0.4) is 0 Å². The predicted molar refractivity (Wildman–Crippen MR) is 156 cm³/mol. The number of fused-ring (bicyclic) bond motifs is 1. The van der Waals surface area contributed by atoms with E-state index in [2.05, 4.69) is 81.4 Å². The van der Waals surface area contributed by atoms with E-state index in [-0.39, 0.29) is 11.1 Å². The molecule has 0 amide bonds. The Hall–Kier alpha value is -2.24. The van der Waals surface area contributed by atoms with Gasteiger partial charge in [0.05, 0.1) is 12.7 Å². The molecule has 196 valence electrons. The normalized spacial score (nSPS) is 25.2. The Labute approximate surface area is 229 Å². The number of nitrogens with zero attached hydrogens (tertiary/aromatic N) is 1. The third-order valence-corrected chi connectivity index (χ3v) is 13.0. The molecule has 0 bridgehead atoms. The Morgan fingerprint density at radius 3 is 1.95 bits per heavy atom. The van der Waals surface area contributed by atoms with Crippen LogP contribution in [0, 0.1) is 5.92 Å². The van der Waals surface area contributed by atoms with Crippen LogP contribution in [0.4, 0.5) is 0 Å². The maximum absolute atomic E-state index is 8.58. The van der Waals surface area contributed by atoms with Crippen molar-refractivity contribution < 1.29 is 13.3 Å². The van der Waals surface area contributed by atoms with E-state index >= 15 is 0 Å². The standard InChI is InChI=1S/C33H43NO2Si/c1-33(2,3)37(31-14-6-4-7-15-31,32-16-8-5-9-17-32)36-26-27-18-20-30(21-19-27)35-23-22-34-24-28-12-10-11-13-29(28)25-34/h4-17,27,30H,18-26H2,1-3H3/i24D,25D2. The first kappa shape index (κ1) is 22.7. The minimum absolute atomic E-state index is 0.0219. The van der Waals surface area contributed by atoms with E-state index in [1.54, 1.807) is 11.0 Å². The number of hydrogen-bond acceptors (Lipinski definition) is 3. The molecule has 1 aliphatic carbocycles. The molecule has 1 aliphatic heterocycles. The van der Waals surface area contributed by atoms with E-state index < -0.39 is 21.3 Å². The fraction of sp³-hybridized carbons (Fsp3) is 0.455. The molecule has 0 spiro atoms. The first-order chi connectivity index (χ1) is 19.1. The summed E-state index contributed by atoms with van der Waals surface area (Å²) >= 11 is 0. The summed E-state index contributed by atoms with van der Waals surface area (Å²) in [5.74, 6) is 0.501. The highest BCUT2D eigenvalue weighted by Gasteiger charge is 2.50. The summed E-state index contributed by atoms with van der Waals surface area (Å²) in [4.78, 5) is 1.61.